The average molecular weight is 1010 g/mol. The normalized spacial score (nSPS) is 38.9. The van der Waals surface area contributed by atoms with Crippen LogP contribution in [0.3, 0.4) is 0 Å². The lowest BCUT2D eigenvalue weighted by atomic mass is 9.78. The van der Waals surface area contributed by atoms with Crippen LogP contribution in [0.25, 0.3) is 0 Å². The summed E-state index contributed by atoms with van der Waals surface area (Å²) in [5.74, 6) is -7.64. The van der Waals surface area contributed by atoms with Gasteiger partial charge in [0.1, 0.15) is 36.2 Å². The number of Topliss-reactive ketones (excluding diaryl/α,β-unsaturated/α-hetero) is 3. The van der Waals surface area contributed by atoms with Crippen LogP contribution in [-0.4, -0.2) is 159 Å². The van der Waals surface area contributed by atoms with Crippen molar-refractivity contribution in [1.82, 2.24) is 4.90 Å². The largest absolute Gasteiger partial charge is 0.460 e. The quantitative estimate of drug-likeness (QED) is 0.0967. The number of rotatable bonds is 11. The molecule has 16 heteroatoms. The van der Waals surface area contributed by atoms with E-state index in [-0.39, 0.29) is 79.9 Å². The molecule has 16 nitrogen and oxygen atoms in total. The third-order valence-electron chi connectivity index (χ3n) is 15.8. The maximum absolute atomic E-state index is 14.5. The van der Waals surface area contributed by atoms with Crippen LogP contribution >= 0.6 is 0 Å². The highest BCUT2D eigenvalue weighted by atomic mass is 16.6. The first-order valence-electron chi connectivity index (χ1n) is 26.6. The van der Waals surface area contributed by atoms with E-state index < -0.39 is 77.9 Å². The van der Waals surface area contributed by atoms with E-state index in [0.717, 1.165) is 12.0 Å². The maximum Gasteiger partial charge on any atom is 0.329 e. The number of carbonyl (C=O) groups is 5. The number of nitrogens with zero attached hydrogens (tertiary/aromatic N) is 1. The molecule has 0 unspecified atom stereocenters. The molecule has 0 aromatic rings. The summed E-state index contributed by atoms with van der Waals surface area (Å²) < 4.78 is 47.4. The minimum absolute atomic E-state index is 0.0240. The second kappa shape index (κ2) is 28.4. The van der Waals surface area contributed by atoms with E-state index in [2.05, 4.69) is 0 Å². The minimum Gasteiger partial charge on any atom is -0.460 e. The number of amides is 1. The van der Waals surface area contributed by atoms with Gasteiger partial charge in [0, 0.05) is 58.5 Å². The first kappa shape index (κ1) is 59.4. The Morgan fingerprint density at radius 2 is 1.54 bits per heavy atom. The smallest absolute Gasteiger partial charge is 0.329 e. The van der Waals surface area contributed by atoms with E-state index in [1.807, 2.05) is 58.1 Å². The van der Waals surface area contributed by atoms with Gasteiger partial charge >= 0.3 is 5.97 Å². The van der Waals surface area contributed by atoms with Crippen molar-refractivity contribution in [2.75, 3.05) is 54.3 Å². The highest BCUT2D eigenvalue weighted by molar-refractivity contribution is 6.39. The number of ketones is 3. The molecule has 5 rings (SSSR count). The molecule has 5 aliphatic rings. The van der Waals surface area contributed by atoms with Crippen molar-refractivity contribution in [3.05, 3.63) is 47.6 Å². The number of carbonyl (C=O) groups excluding carboxylic acids is 5. The monoisotopic (exact) mass is 1010 g/mol. The molecule has 4 heterocycles. The highest BCUT2D eigenvalue weighted by Gasteiger charge is 2.53. The van der Waals surface area contributed by atoms with Gasteiger partial charge in [-0.1, -0.05) is 71.1 Å². The summed E-state index contributed by atoms with van der Waals surface area (Å²) in [5.41, 5.74) is 1.51. The topological polar surface area (TPSA) is 203 Å². The first-order valence-corrected chi connectivity index (χ1v) is 26.6. The molecule has 2 N–H and O–H groups in total. The summed E-state index contributed by atoms with van der Waals surface area (Å²) >= 11 is 0. The van der Waals surface area contributed by atoms with E-state index >= 15 is 0 Å². The third kappa shape index (κ3) is 16.0. The standard InChI is InChI=1S/C56H87NO15/c1-34-16-12-11-13-17-35(2)47(70-25-24-69-43-32-68-33-43)30-42-21-19-40(7)56(64,72-42)53(61)54(62)57-23-15-14-18-44(57)55(63)71-48(37(4)28-41-20-22-45(58)49(29-41)65-8)31-46(59)36(3)27-39(6)51(66-9)52(67-10)50(60)38(5)26-34/h11-13,16-17,27,34,36-38,40-45,47-49,51-52,58,64H,14-15,18-26,28-33H2,1-10H3/b13-11+,16-12+,35-17+,39-27+/t34-,36-,37-,38-,40-,41+,42+,44+,45-,47-,48+,49-,51-,52+,56-/m1/s1. The van der Waals surface area contributed by atoms with Crippen molar-refractivity contribution in [2.45, 2.75) is 186 Å². The summed E-state index contributed by atoms with van der Waals surface area (Å²) in [5, 5.41) is 22.7. The van der Waals surface area contributed by atoms with Gasteiger partial charge in [-0.25, -0.2) is 4.79 Å². The third-order valence-corrected chi connectivity index (χ3v) is 15.8. The van der Waals surface area contributed by atoms with Crippen molar-refractivity contribution in [1.29, 1.82) is 0 Å². The van der Waals surface area contributed by atoms with Crippen LogP contribution in [-0.2, 0) is 61.9 Å². The number of fused-ring (bicyclic) bond motifs is 3. The lowest BCUT2D eigenvalue weighted by molar-refractivity contribution is -0.266. The summed E-state index contributed by atoms with van der Waals surface area (Å²) in [7, 11) is 4.56. The summed E-state index contributed by atoms with van der Waals surface area (Å²) in [6.07, 6.45) is 12.2. The predicted molar refractivity (Wildman–Crippen MR) is 269 cm³/mol. The molecule has 406 valence electrons. The van der Waals surface area contributed by atoms with E-state index in [4.69, 9.17) is 37.9 Å². The lowest BCUT2D eigenvalue weighted by Crippen LogP contribution is -2.61. The van der Waals surface area contributed by atoms with Crippen LogP contribution in [0.5, 0.6) is 0 Å². The molecule has 4 fully saturated rings. The van der Waals surface area contributed by atoms with Crippen LogP contribution in [0, 0.1) is 35.5 Å². The van der Waals surface area contributed by atoms with Crippen LogP contribution in [0.2, 0.25) is 0 Å². The van der Waals surface area contributed by atoms with Gasteiger partial charge in [-0.05, 0) is 107 Å². The molecule has 2 bridgehead atoms. The van der Waals surface area contributed by atoms with Crippen molar-refractivity contribution >= 4 is 29.2 Å². The Morgan fingerprint density at radius 3 is 2.22 bits per heavy atom. The Labute approximate surface area is 428 Å². The molecule has 1 amide bonds. The maximum atomic E-state index is 14.5. The highest BCUT2D eigenvalue weighted by Crippen LogP contribution is 2.38. The zero-order valence-corrected chi connectivity index (χ0v) is 44.8. The van der Waals surface area contributed by atoms with Crippen LogP contribution in [0.4, 0.5) is 0 Å². The minimum atomic E-state index is -2.46. The Balaban J connectivity index is 1.48. The number of cyclic esters (lactones) is 1. The Hall–Kier alpha value is -3.45. The number of aliphatic hydroxyl groups excluding tert-OH is 1. The van der Waals surface area contributed by atoms with E-state index in [0.29, 0.717) is 76.8 Å². The number of ether oxygens (including phenoxy) is 8. The molecule has 1 saturated carbocycles. The number of esters is 1. The number of hydrogen-bond acceptors (Lipinski definition) is 15. The predicted octanol–water partition coefficient (Wildman–Crippen LogP) is 6.62. The van der Waals surface area contributed by atoms with Crippen LogP contribution in [0.1, 0.15) is 126 Å². The number of piperidine rings is 1. The van der Waals surface area contributed by atoms with Crippen LogP contribution < -0.4 is 0 Å². The molecular formula is C56H87NO15. The Kier molecular flexibility index (Phi) is 23.5. The molecule has 3 saturated heterocycles. The molecule has 15 atom stereocenters. The lowest BCUT2D eigenvalue weighted by Gasteiger charge is -2.43. The van der Waals surface area contributed by atoms with Crippen molar-refractivity contribution in [3.63, 3.8) is 0 Å². The number of methoxy groups -OCH3 is 3. The fourth-order valence-corrected chi connectivity index (χ4v) is 11.0. The fourth-order valence-electron chi connectivity index (χ4n) is 11.0. The van der Waals surface area contributed by atoms with Gasteiger partial charge in [0.25, 0.3) is 11.7 Å². The van der Waals surface area contributed by atoms with Gasteiger partial charge < -0.3 is 53.0 Å². The number of aliphatic hydroxyl groups is 2. The molecule has 4 aliphatic heterocycles. The van der Waals surface area contributed by atoms with Gasteiger partial charge in [0.2, 0.25) is 5.79 Å². The Bertz CT molecular complexity index is 1930. The molecular weight excluding hydrogens is 927 g/mol. The van der Waals surface area contributed by atoms with Gasteiger partial charge in [-0.2, -0.15) is 0 Å². The molecule has 0 aromatic carbocycles. The van der Waals surface area contributed by atoms with E-state index in [1.54, 1.807) is 34.0 Å². The van der Waals surface area contributed by atoms with E-state index in [1.165, 1.54) is 19.1 Å². The summed E-state index contributed by atoms with van der Waals surface area (Å²) in [6.45, 7) is 14.8. The second-order valence-corrected chi connectivity index (χ2v) is 21.5. The summed E-state index contributed by atoms with van der Waals surface area (Å²) in [4.78, 5) is 73.0. The molecule has 72 heavy (non-hydrogen) atoms. The molecule has 0 spiro atoms. The van der Waals surface area contributed by atoms with Crippen molar-refractivity contribution < 1.29 is 72.1 Å². The zero-order chi connectivity index (χ0) is 52.7. The second-order valence-electron chi connectivity index (χ2n) is 21.5. The zero-order valence-electron chi connectivity index (χ0n) is 44.8. The van der Waals surface area contributed by atoms with Gasteiger partial charge in [-0.15, -0.1) is 0 Å². The first-order chi connectivity index (χ1) is 34.3. The van der Waals surface area contributed by atoms with Gasteiger partial charge in [0.05, 0.1) is 50.8 Å². The molecule has 1 aliphatic carbocycles. The van der Waals surface area contributed by atoms with Gasteiger partial charge in [0.15, 0.2) is 5.78 Å². The molecule has 0 aromatic heterocycles. The van der Waals surface area contributed by atoms with Crippen molar-refractivity contribution in [3.8, 4) is 0 Å². The molecule has 0 radical (unpaired) electrons. The summed E-state index contributed by atoms with van der Waals surface area (Å²) in [6, 6.07) is -1.14. The average Bonchev–Trinajstić information content (AvgIpc) is 3.34. The van der Waals surface area contributed by atoms with E-state index in [9.17, 15) is 34.2 Å². The van der Waals surface area contributed by atoms with Gasteiger partial charge in [-0.3, -0.25) is 19.2 Å². The Morgan fingerprint density at radius 1 is 0.819 bits per heavy atom. The fraction of sp³-hybridized carbons (Fsp3) is 0.768. The van der Waals surface area contributed by atoms with Crippen LogP contribution in [0.15, 0.2) is 47.6 Å². The SMILES string of the molecule is CO[C@@H]1/C(C)=C/[C@@H](C)C(=O)C[C@@H]([C@H](C)C[C@@H]2CC[C@@H](O)[C@H](OC)C2)OC(=O)[C@@H]2CCCCN2C(=O)C(=O)[C@]2(O)O[C@@H](CC[C@H]2C)C[C@@H](OCCOC2COC2)/C(C)=C/C=C/C=C/[C@@H](C)C[C@@H](C)C(=O)[C@@H]1OC. The number of hydrogen-bond donors (Lipinski definition) is 2. The van der Waals surface area contributed by atoms with Crippen molar-refractivity contribution in [2.24, 2.45) is 35.5 Å². The number of allylic oxidation sites excluding steroid dienone is 6.